The van der Waals surface area contributed by atoms with Crippen LogP contribution in [0.25, 0.3) is 0 Å². The maximum Gasteiger partial charge on any atom is 0.191 e. The predicted octanol–water partition coefficient (Wildman–Crippen LogP) is 2.78. The molecule has 0 spiro atoms. The first kappa shape index (κ1) is 24.7. The molecule has 1 unspecified atom stereocenters. The molecule has 3 rings (SSSR count). The molecule has 30 heavy (non-hydrogen) atoms. The van der Waals surface area contributed by atoms with Crippen molar-refractivity contribution >= 4 is 40.7 Å². The van der Waals surface area contributed by atoms with Crippen LogP contribution in [0.15, 0.2) is 59.7 Å². The molecule has 0 bridgehead atoms. The number of pyridine rings is 1. The second-order valence-electron chi connectivity index (χ2n) is 7.29. The van der Waals surface area contributed by atoms with Gasteiger partial charge in [0.1, 0.15) is 0 Å². The van der Waals surface area contributed by atoms with Gasteiger partial charge in [-0.05, 0) is 30.5 Å². The van der Waals surface area contributed by atoms with E-state index in [0.717, 1.165) is 49.7 Å². The molecular weight excluding hydrogens is 509 g/mol. The molecule has 1 aromatic carbocycles. The van der Waals surface area contributed by atoms with Crippen LogP contribution in [0.3, 0.4) is 0 Å². The molecule has 6 nitrogen and oxygen atoms in total. The largest absolute Gasteiger partial charge is 0.355 e. The molecule has 1 atom stereocenters. The van der Waals surface area contributed by atoms with E-state index in [4.69, 9.17) is 0 Å². The Morgan fingerprint density at radius 3 is 2.57 bits per heavy atom. The van der Waals surface area contributed by atoms with Crippen molar-refractivity contribution in [3.8, 4) is 0 Å². The van der Waals surface area contributed by atoms with Crippen molar-refractivity contribution in [3.63, 3.8) is 0 Å². The van der Waals surface area contributed by atoms with Crippen LogP contribution in [0.2, 0.25) is 0 Å². The zero-order valence-corrected chi connectivity index (χ0v) is 20.6. The summed E-state index contributed by atoms with van der Waals surface area (Å²) in [6, 6.07) is 16.5. The van der Waals surface area contributed by atoms with Crippen LogP contribution in [0.1, 0.15) is 24.1 Å². The van der Waals surface area contributed by atoms with Gasteiger partial charge in [-0.1, -0.05) is 36.4 Å². The molecule has 1 aliphatic rings. The number of piperidine rings is 1. The van der Waals surface area contributed by atoms with Crippen LogP contribution < -0.4 is 10.6 Å². The molecule has 2 heterocycles. The van der Waals surface area contributed by atoms with E-state index in [1.54, 1.807) is 7.05 Å². The third-order valence-electron chi connectivity index (χ3n) is 5.06. The summed E-state index contributed by atoms with van der Waals surface area (Å²) in [5.74, 6) is 2.01. The van der Waals surface area contributed by atoms with E-state index in [1.807, 2.05) is 48.7 Å². The molecule has 164 valence electrons. The molecule has 0 saturated carbocycles. The highest BCUT2D eigenvalue weighted by molar-refractivity contribution is 14.0. The summed E-state index contributed by atoms with van der Waals surface area (Å²) >= 11 is 0. The van der Waals surface area contributed by atoms with Gasteiger partial charge in [0.25, 0.3) is 0 Å². The summed E-state index contributed by atoms with van der Waals surface area (Å²) in [6.45, 7) is 3.66. The number of hydrogen-bond acceptors (Lipinski definition) is 4. The monoisotopic (exact) mass is 541 g/mol. The summed E-state index contributed by atoms with van der Waals surface area (Å²) in [7, 11) is 0.906. The Morgan fingerprint density at radius 1 is 1.17 bits per heavy atom. The fraction of sp³-hybridized carbons (Fsp3) is 0.455. The summed E-state index contributed by atoms with van der Waals surface area (Å²) in [5, 5.41) is 6.82. The summed E-state index contributed by atoms with van der Waals surface area (Å²) < 4.78 is 12.3. The number of aliphatic imine (C=N–C) groups is 1. The lowest BCUT2D eigenvalue weighted by Crippen LogP contribution is -2.49. The fourth-order valence-corrected chi connectivity index (χ4v) is 4.50. The quantitative estimate of drug-likeness (QED) is 0.306. The molecular formula is C22H32IN5OS. The molecule has 0 aliphatic carbocycles. The number of hydrogen-bond donors (Lipinski definition) is 2. The molecule has 2 aromatic rings. The van der Waals surface area contributed by atoms with Gasteiger partial charge in [-0.25, -0.2) is 0 Å². The van der Waals surface area contributed by atoms with Crippen LogP contribution in [-0.2, 0) is 23.1 Å². The Balaban J connectivity index is 0.00000320. The Bertz CT molecular complexity index is 783. The summed E-state index contributed by atoms with van der Waals surface area (Å²) in [4.78, 5) is 11.2. The van der Waals surface area contributed by atoms with Gasteiger partial charge >= 0.3 is 0 Å². The molecule has 0 radical (unpaired) electrons. The van der Waals surface area contributed by atoms with Gasteiger partial charge in [0.2, 0.25) is 0 Å². The van der Waals surface area contributed by atoms with Crippen molar-refractivity contribution in [2.24, 2.45) is 4.99 Å². The third kappa shape index (κ3) is 8.69. The Labute approximate surface area is 199 Å². The predicted molar refractivity (Wildman–Crippen MR) is 136 cm³/mol. The van der Waals surface area contributed by atoms with Gasteiger partial charge in [-0.3, -0.25) is 19.1 Å². The molecule has 1 fully saturated rings. The zero-order chi connectivity index (χ0) is 20.3. The van der Waals surface area contributed by atoms with Crippen molar-refractivity contribution in [3.05, 3.63) is 66.0 Å². The number of halogens is 1. The van der Waals surface area contributed by atoms with Gasteiger partial charge in [-0.15, -0.1) is 24.0 Å². The zero-order valence-electron chi connectivity index (χ0n) is 17.5. The minimum Gasteiger partial charge on any atom is -0.355 e. The van der Waals surface area contributed by atoms with Gasteiger partial charge in [0.05, 0.1) is 5.69 Å². The average molecular weight is 542 g/mol. The summed E-state index contributed by atoms with van der Waals surface area (Å²) in [5.41, 5.74) is 2.24. The van der Waals surface area contributed by atoms with E-state index in [2.05, 4.69) is 31.6 Å². The third-order valence-corrected chi connectivity index (χ3v) is 6.37. The Morgan fingerprint density at radius 2 is 1.90 bits per heavy atom. The van der Waals surface area contributed by atoms with Crippen LogP contribution in [0.4, 0.5) is 0 Å². The number of guanidine groups is 1. The van der Waals surface area contributed by atoms with Crippen molar-refractivity contribution < 1.29 is 4.21 Å². The van der Waals surface area contributed by atoms with Gasteiger partial charge in [0, 0.05) is 67.8 Å². The SMILES string of the molecule is CN=C(NCCS(=O)Cc1ccccc1)NC1CCN(Cc2ccccn2)CC1.I. The first-order chi connectivity index (χ1) is 14.2. The topological polar surface area (TPSA) is 69.6 Å². The highest BCUT2D eigenvalue weighted by atomic mass is 127. The maximum atomic E-state index is 12.3. The second-order valence-corrected chi connectivity index (χ2v) is 8.87. The molecule has 0 amide bonds. The minimum absolute atomic E-state index is 0. The Kier molecular flexibility index (Phi) is 11.3. The van der Waals surface area contributed by atoms with Crippen LogP contribution in [0.5, 0.6) is 0 Å². The van der Waals surface area contributed by atoms with Crippen LogP contribution in [-0.4, -0.2) is 58.5 Å². The lowest BCUT2D eigenvalue weighted by atomic mass is 10.1. The molecule has 8 heteroatoms. The number of aromatic nitrogens is 1. The molecule has 1 aromatic heterocycles. The van der Waals surface area contributed by atoms with Crippen LogP contribution in [0, 0.1) is 0 Å². The average Bonchev–Trinajstić information content (AvgIpc) is 2.76. The van der Waals surface area contributed by atoms with E-state index in [0.29, 0.717) is 24.1 Å². The fourth-order valence-electron chi connectivity index (χ4n) is 3.46. The van der Waals surface area contributed by atoms with E-state index in [1.165, 1.54) is 0 Å². The lowest BCUT2D eigenvalue weighted by molar-refractivity contribution is 0.196. The van der Waals surface area contributed by atoms with Crippen molar-refractivity contribution in [1.29, 1.82) is 0 Å². The van der Waals surface area contributed by atoms with E-state index < -0.39 is 10.8 Å². The van der Waals surface area contributed by atoms with Crippen molar-refractivity contribution in [2.75, 3.05) is 32.4 Å². The molecule has 1 saturated heterocycles. The Hall–Kier alpha value is -1.52. The highest BCUT2D eigenvalue weighted by Crippen LogP contribution is 2.12. The standard InChI is InChI=1S/C22H31N5OS.HI/c1-23-22(25-13-16-29(28)18-19-7-3-2-4-8-19)26-20-10-14-27(15-11-20)17-21-9-5-6-12-24-21;/h2-9,12,20H,10-11,13-18H2,1H3,(H2,23,25,26);1H. The number of rotatable bonds is 8. The smallest absolute Gasteiger partial charge is 0.191 e. The maximum absolute atomic E-state index is 12.3. The first-order valence-corrected chi connectivity index (χ1v) is 11.7. The van der Waals surface area contributed by atoms with E-state index in [-0.39, 0.29) is 24.0 Å². The number of nitrogens with one attached hydrogen (secondary N) is 2. The number of nitrogens with zero attached hydrogens (tertiary/aromatic N) is 3. The molecule has 1 aliphatic heterocycles. The lowest BCUT2D eigenvalue weighted by Gasteiger charge is -2.32. The summed E-state index contributed by atoms with van der Waals surface area (Å²) in [6.07, 6.45) is 4.01. The normalized spacial score (nSPS) is 16.5. The number of benzene rings is 1. The molecule has 2 N–H and O–H groups in total. The van der Waals surface area contributed by atoms with Crippen LogP contribution >= 0.6 is 24.0 Å². The van der Waals surface area contributed by atoms with Gasteiger partial charge in [0.15, 0.2) is 5.96 Å². The van der Waals surface area contributed by atoms with Gasteiger partial charge in [-0.2, -0.15) is 0 Å². The number of likely N-dealkylation sites (tertiary alicyclic amines) is 1. The van der Waals surface area contributed by atoms with E-state index >= 15 is 0 Å². The van der Waals surface area contributed by atoms with Crippen molar-refractivity contribution in [2.45, 2.75) is 31.2 Å². The highest BCUT2D eigenvalue weighted by Gasteiger charge is 2.20. The minimum atomic E-state index is -0.878. The van der Waals surface area contributed by atoms with Gasteiger partial charge < -0.3 is 10.6 Å². The van der Waals surface area contributed by atoms with Crippen molar-refractivity contribution in [1.82, 2.24) is 20.5 Å². The second kappa shape index (κ2) is 13.7. The first-order valence-electron chi connectivity index (χ1n) is 10.2. The van der Waals surface area contributed by atoms with E-state index in [9.17, 15) is 4.21 Å².